The predicted octanol–water partition coefficient (Wildman–Crippen LogP) is 19.4. The smallest absolute Gasteiger partial charge is 0.252 e. The van der Waals surface area contributed by atoms with Crippen molar-refractivity contribution < 1.29 is 0 Å². The summed E-state index contributed by atoms with van der Waals surface area (Å²) in [6, 6.07) is 80.1. The van der Waals surface area contributed by atoms with E-state index in [1.165, 1.54) is 93.1 Å². The van der Waals surface area contributed by atoms with Gasteiger partial charge < -0.3 is 9.80 Å². The molecule has 0 aliphatic carbocycles. The minimum atomic E-state index is -0.157. The Bertz CT molecular complexity index is 4260. The first-order chi connectivity index (χ1) is 39.6. The Morgan fingerprint density at radius 1 is 0.313 bits per heavy atom. The summed E-state index contributed by atoms with van der Waals surface area (Å²) in [5.41, 5.74) is 20.1. The fourth-order valence-electron chi connectivity index (χ4n) is 13.0. The molecule has 0 spiro atoms. The van der Waals surface area contributed by atoms with Crippen molar-refractivity contribution in [1.29, 1.82) is 0 Å². The molecule has 1 aromatic heterocycles. The Kier molecular flexibility index (Phi) is 11.9. The molecule has 2 aliphatic heterocycles. The highest BCUT2D eigenvalue weighted by Gasteiger charge is 2.46. The quantitative estimate of drug-likeness (QED) is 0.127. The topological polar surface area (TPSA) is 32.3 Å². The molecule has 83 heavy (non-hydrogen) atoms. The summed E-state index contributed by atoms with van der Waals surface area (Å²) in [6.07, 6.45) is 0. The van der Waals surface area contributed by atoms with Crippen molar-refractivity contribution >= 4 is 100 Å². The van der Waals surface area contributed by atoms with Crippen molar-refractivity contribution in [3.05, 3.63) is 235 Å². The molecule has 0 unspecified atom stereocenters. The van der Waals surface area contributed by atoms with Crippen LogP contribution in [0, 0.1) is 0 Å². The van der Waals surface area contributed by atoms with Gasteiger partial charge >= 0.3 is 0 Å². The van der Waals surface area contributed by atoms with E-state index in [2.05, 4.69) is 305 Å². The Hall–Kier alpha value is -8.80. The number of fused-ring (bicyclic) bond motifs is 10. The van der Waals surface area contributed by atoms with Crippen LogP contribution < -0.4 is 26.2 Å². The van der Waals surface area contributed by atoms with E-state index in [1.807, 2.05) is 0 Å². The summed E-state index contributed by atoms with van der Waals surface area (Å²) < 4.78 is 0. The molecule has 0 saturated carbocycles. The summed E-state index contributed by atoms with van der Waals surface area (Å²) >= 11 is 0. The van der Waals surface area contributed by atoms with Gasteiger partial charge in [-0.25, -0.2) is 9.97 Å². The molecule has 0 saturated heterocycles. The molecule has 3 heterocycles. The molecule has 0 bridgehead atoms. The van der Waals surface area contributed by atoms with Crippen molar-refractivity contribution in [3.8, 4) is 33.9 Å². The van der Waals surface area contributed by atoms with Crippen LogP contribution in [-0.2, 0) is 21.7 Å². The average Bonchev–Trinajstić information content (AvgIpc) is 1.09. The Morgan fingerprint density at radius 3 is 1.02 bits per heavy atom. The first-order valence-corrected chi connectivity index (χ1v) is 29.7. The molecular formula is C78H71BN4. The zero-order valence-electron chi connectivity index (χ0n) is 50.1. The third-order valence-corrected chi connectivity index (χ3v) is 17.7. The van der Waals surface area contributed by atoms with Gasteiger partial charge in [-0.05, 0) is 159 Å². The molecule has 406 valence electrons. The number of aromatic nitrogens is 2. The highest BCUT2D eigenvalue weighted by molar-refractivity contribution is 7.00. The maximum atomic E-state index is 5.65. The van der Waals surface area contributed by atoms with Gasteiger partial charge in [0.1, 0.15) is 0 Å². The van der Waals surface area contributed by atoms with E-state index in [9.17, 15) is 0 Å². The van der Waals surface area contributed by atoms with Crippen LogP contribution in [0.1, 0.15) is 105 Å². The van der Waals surface area contributed by atoms with E-state index >= 15 is 0 Å². The highest BCUT2D eigenvalue weighted by Crippen LogP contribution is 2.51. The van der Waals surface area contributed by atoms with Gasteiger partial charge in [0.15, 0.2) is 5.82 Å². The van der Waals surface area contributed by atoms with Crippen molar-refractivity contribution in [2.75, 3.05) is 9.80 Å². The molecule has 0 N–H and O–H groups in total. The molecule has 14 rings (SSSR count). The van der Waals surface area contributed by atoms with Gasteiger partial charge in [0.05, 0.1) is 11.4 Å². The molecule has 0 fully saturated rings. The lowest BCUT2D eigenvalue weighted by atomic mass is 9.33. The Balaban J connectivity index is 1.20. The van der Waals surface area contributed by atoms with Gasteiger partial charge in [0, 0.05) is 61.6 Å². The monoisotopic (exact) mass is 1070 g/mol. The summed E-state index contributed by atoms with van der Waals surface area (Å²) in [6.45, 7) is 28.1. The van der Waals surface area contributed by atoms with E-state index in [-0.39, 0.29) is 28.4 Å². The standard InChI is InChI=1S/C78H71BN4/c1-75(2,3)57-41-58(76(4,5)6)44-61(43-57)82-69-39-56(74-80-67(48-23-15-13-16-24-48)47-68(81-74)49-25-17-14-18-26-49)40-70-71(69)79(65-33-31-54-35-50-27-19-21-29-52(50)37-63(54)72(65)82)66-34-32-55-36-51-28-20-22-30-53(51)38-64(55)73(66)83(70)62-45-59(77(7,8)9)42-60(46-62)78(10,11)12/h13-47H,1-12H3. The van der Waals surface area contributed by atoms with Gasteiger partial charge in [-0.2, -0.15) is 0 Å². The number of anilines is 6. The fourth-order valence-corrected chi connectivity index (χ4v) is 13.0. The van der Waals surface area contributed by atoms with E-state index in [0.717, 1.165) is 50.8 Å². The van der Waals surface area contributed by atoms with Gasteiger partial charge in [-0.1, -0.05) is 229 Å². The molecule has 0 radical (unpaired) electrons. The van der Waals surface area contributed by atoms with Crippen LogP contribution >= 0.6 is 0 Å². The lowest BCUT2D eigenvalue weighted by Crippen LogP contribution is -2.61. The van der Waals surface area contributed by atoms with E-state index in [1.54, 1.807) is 0 Å². The number of hydrogen-bond acceptors (Lipinski definition) is 4. The predicted molar refractivity (Wildman–Crippen MR) is 357 cm³/mol. The summed E-state index contributed by atoms with van der Waals surface area (Å²) in [5, 5.41) is 9.74. The van der Waals surface area contributed by atoms with Crippen LogP contribution in [0.3, 0.4) is 0 Å². The molecule has 0 amide bonds. The SMILES string of the molecule is CC(C)(C)c1cc(N2c3cc(-c4nc(-c5ccccc5)cc(-c5ccccc5)n4)cc4c3B(c3ccc5cc6ccccc6cc5c32)c2ccc3cc5ccccc5cc3c2N4c2cc(C(C)(C)C)cc(C(C)(C)C)c2)cc(C(C)(C)C)c1. The van der Waals surface area contributed by atoms with Crippen LogP contribution in [0.2, 0.25) is 0 Å². The van der Waals surface area contributed by atoms with Gasteiger partial charge in [0.25, 0.3) is 6.71 Å². The van der Waals surface area contributed by atoms with Gasteiger partial charge in [0.2, 0.25) is 0 Å². The summed E-state index contributed by atoms with van der Waals surface area (Å²) in [5.74, 6) is 0.669. The van der Waals surface area contributed by atoms with Crippen molar-refractivity contribution in [3.63, 3.8) is 0 Å². The highest BCUT2D eigenvalue weighted by atomic mass is 15.2. The summed E-state index contributed by atoms with van der Waals surface area (Å²) in [7, 11) is 0. The van der Waals surface area contributed by atoms with Crippen molar-refractivity contribution in [1.82, 2.24) is 9.97 Å². The number of benzene rings is 11. The first kappa shape index (κ1) is 52.3. The first-order valence-electron chi connectivity index (χ1n) is 29.7. The fraction of sp³-hybridized carbons (Fsp3) is 0.205. The van der Waals surface area contributed by atoms with Crippen LogP contribution in [0.5, 0.6) is 0 Å². The third-order valence-electron chi connectivity index (χ3n) is 17.7. The minimum absolute atomic E-state index is 0.142. The van der Waals surface area contributed by atoms with E-state index in [0.29, 0.717) is 5.82 Å². The van der Waals surface area contributed by atoms with Crippen LogP contribution in [-0.4, -0.2) is 16.7 Å². The van der Waals surface area contributed by atoms with E-state index < -0.39 is 0 Å². The largest absolute Gasteiger partial charge is 0.311 e. The Morgan fingerprint density at radius 2 is 0.663 bits per heavy atom. The zero-order chi connectivity index (χ0) is 57.5. The lowest BCUT2D eigenvalue weighted by molar-refractivity contribution is 0.568. The maximum Gasteiger partial charge on any atom is 0.252 e. The molecule has 5 heteroatoms. The zero-order valence-corrected chi connectivity index (χ0v) is 50.1. The summed E-state index contributed by atoms with van der Waals surface area (Å²) in [4.78, 5) is 16.6. The number of hydrogen-bond donors (Lipinski definition) is 0. The van der Waals surface area contributed by atoms with E-state index in [4.69, 9.17) is 9.97 Å². The minimum Gasteiger partial charge on any atom is -0.311 e. The maximum absolute atomic E-state index is 5.65. The van der Waals surface area contributed by atoms with Crippen LogP contribution in [0.15, 0.2) is 212 Å². The average molecular weight is 1080 g/mol. The molecule has 0 atom stereocenters. The second-order valence-corrected chi connectivity index (χ2v) is 27.6. The Labute approximate surface area is 490 Å². The van der Waals surface area contributed by atoms with Gasteiger partial charge in [-0.3, -0.25) is 0 Å². The molecule has 4 nitrogen and oxygen atoms in total. The second-order valence-electron chi connectivity index (χ2n) is 27.6. The molecule has 11 aromatic carbocycles. The number of nitrogens with zero attached hydrogens (tertiary/aromatic N) is 4. The van der Waals surface area contributed by atoms with Crippen LogP contribution in [0.25, 0.3) is 77.0 Å². The molecule has 12 aromatic rings. The number of rotatable bonds is 5. The van der Waals surface area contributed by atoms with Crippen molar-refractivity contribution in [2.45, 2.75) is 105 Å². The van der Waals surface area contributed by atoms with Crippen LogP contribution in [0.4, 0.5) is 34.1 Å². The third kappa shape index (κ3) is 8.99. The normalized spacial score (nSPS) is 13.5. The lowest BCUT2D eigenvalue weighted by Gasteiger charge is -2.46. The second kappa shape index (κ2) is 18.9. The van der Waals surface area contributed by atoms with Crippen molar-refractivity contribution in [2.24, 2.45) is 0 Å². The molecular weight excluding hydrogens is 1000 g/mol. The molecule has 2 aliphatic rings. The van der Waals surface area contributed by atoms with Gasteiger partial charge in [-0.15, -0.1) is 0 Å².